The number of benzene rings is 1. The molecule has 2 aromatic rings. The predicted molar refractivity (Wildman–Crippen MR) is 108 cm³/mol. The molecule has 0 bridgehead atoms. The average Bonchev–Trinajstić information content (AvgIpc) is 2.70. The van der Waals surface area contributed by atoms with Gasteiger partial charge in [0.25, 0.3) is 0 Å². The number of hydrogen-bond donors (Lipinski definition) is 2. The average molecular weight is 378 g/mol. The normalized spacial score (nSPS) is 16.3. The zero-order valence-electron chi connectivity index (χ0n) is 16.2. The van der Waals surface area contributed by atoms with Crippen LogP contribution in [0.1, 0.15) is 42.5 Å². The molecule has 1 amide bonds. The van der Waals surface area contributed by atoms with Gasteiger partial charge in [-0.15, -0.1) is 0 Å². The third-order valence-corrected chi connectivity index (χ3v) is 5.25. The first-order chi connectivity index (χ1) is 13.5. The van der Waals surface area contributed by atoms with E-state index in [1.165, 1.54) is 0 Å². The van der Waals surface area contributed by atoms with Crippen LogP contribution < -0.4 is 5.32 Å². The number of nitrogens with one attached hydrogen (secondary N) is 1. The number of hydrogen-bond acceptors (Lipinski definition) is 5. The number of carbonyl (C=O) groups is 1. The number of piperidine rings is 1. The lowest BCUT2D eigenvalue weighted by Crippen LogP contribution is -2.43. The highest BCUT2D eigenvalue weighted by Crippen LogP contribution is 2.31. The monoisotopic (exact) mass is 378 g/mol. The third kappa shape index (κ3) is 5.16. The van der Waals surface area contributed by atoms with E-state index in [0.717, 1.165) is 37.3 Å². The number of amides is 1. The van der Waals surface area contributed by atoms with Crippen molar-refractivity contribution in [1.82, 2.24) is 9.88 Å². The highest BCUT2D eigenvalue weighted by molar-refractivity contribution is 5.90. The summed E-state index contributed by atoms with van der Waals surface area (Å²) in [6, 6.07) is 12.8. The van der Waals surface area contributed by atoms with Crippen LogP contribution in [-0.4, -0.2) is 40.5 Å². The van der Waals surface area contributed by atoms with Gasteiger partial charge in [-0.05, 0) is 68.6 Å². The lowest BCUT2D eigenvalue weighted by atomic mass is 9.87. The third-order valence-electron chi connectivity index (χ3n) is 5.25. The Bertz CT molecular complexity index is 832. The second-order valence-electron chi connectivity index (χ2n) is 7.43. The van der Waals surface area contributed by atoms with Crippen LogP contribution in [0.3, 0.4) is 0 Å². The summed E-state index contributed by atoms with van der Waals surface area (Å²) in [5.74, 6) is -0.0259. The van der Waals surface area contributed by atoms with Gasteiger partial charge in [-0.2, -0.15) is 5.26 Å². The van der Waals surface area contributed by atoms with E-state index < -0.39 is 5.60 Å². The molecule has 0 aliphatic carbocycles. The van der Waals surface area contributed by atoms with Crippen LogP contribution in [-0.2, 0) is 10.4 Å². The Hall–Kier alpha value is -2.75. The largest absolute Gasteiger partial charge is 0.383 e. The molecule has 0 radical (unpaired) electrons. The van der Waals surface area contributed by atoms with Crippen LogP contribution >= 0.6 is 0 Å². The molecular weight excluding hydrogens is 352 g/mol. The van der Waals surface area contributed by atoms with Gasteiger partial charge in [0.15, 0.2) is 0 Å². The molecule has 0 atom stereocenters. The molecule has 0 unspecified atom stereocenters. The van der Waals surface area contributed by atoms with Gasteiger partial charge in [-0.3, -0.25) is 9.78 Å². The van der Waals surface area contributed by atoms with Crippen LogP contribution in [0.5, 0.6) is 0 Å². The maximum Gasteiger partial charge on any atom is 0.224 e. The Labute approximate surface area is 165 Å². The molecule has 1 aliphatic rings. The standard InChI is InChI=1S/C22H26N4O2/c1-17-4-9-20(24-16-17)22(28)10-13-26(14-11-22)12-2-3-21(27)25-19-7-5-18(15-23)6-8-19/h4-9,16,28H,2-3,10-14H2,1H3,(H,25,27). The molecule has 146 valence electrons. The summed E-state index contributed by atoms with van der Waals surface area (Å²) in [7, 11) is 0. The summed E-state index contributed by atoms with van der Waals surface area (Å²) >= 11 is 0. The molecule has 0 saturated carbocycles. The second-order valence-corrected chi connectivity index (χ2v) is 7.43. The van der Waals surface area contributed by atoms with Gasteiger partial charge in [-0.1, -0.05) is 6.07 Å². The first-order valence-electron chi connectivity index (χ1n) is 9.66. The van der Waals surface area contributed by atoms with Crippen molar-refractivity contribution < 1.29 is 9.90 Å². The van der Waals surface area contributed by atoms with E-state index in [9.17, 15) is 9.90 Å². The molecule has 2 heterocycles. The van der Waals surface area contributed by atoms with Crippen LogP contribution in [0.25, 0.3) is 0 Å². The quantitative estimate of drug-likeness (QED) is 0.807. The van der Waals surface area contributed by atoms with Crippen molar-refractivity contribution in [3.63, 3.8) is 0 Å². The first-order valence-corrected chi connectivity index (χ1v) is 9.66. The fourth-order valence-corrected chi connectivity index (χ4v) is 3.46. The Morgan fingerprint density at radius 2 is 1.96 bits per heavy atom. The zero-order valence-corrected chi connectivity index (χ0v) is 16.2. The van der Waals surface area contributed by atoms with E-state index in [0.29, 0.717) is 30.5 Å². The number of anilines is 1. The summed E-state index contributed by atoms with van der Waals surface area (Å²) in [5.41, 5.74) is 2.27. The highest BCUT2D eigenvalue weighted by Gasteiger charge is 2.34. The van der Waals surface area contributed by atoms with Crippen molar-refractivity contribution in [1.29, 1.82) is 5.26 Å². The number of likely N-dealkylation sites (tertiary alicyclic amines) is 1. The number of rotatable bonds is 6. The molecule has 0 spiro atoms. The maximum atomic E-state index is 12.1. The molecule has 1 aromatic carbocycles. The molecule has 1 aromatic heterocycles. The van der Waals surface area contributed by atoms with Gasteiger partial charge in [0.2, 0.25) is 5.91 Å². The van der Waals surface area contributed by atoms with E-state index >= 15 is 0 Å². The summed E-state index contributed by atoms with van der Waals surface area (Å²) in [5, 5.41) is 22.5. The number of pyridine rings is 1. The van der Waals surface area contributed by atoms with Gasteiger partial charge in [0, 0.05) is 31.4 Å². The van der Waals surface area contributed by atoms with Gasteiger partial charge in [0.05, 0.1) is 17.3 Å². The number of aliphatic hydroxyl groups is 1. The van der Waals surface area contributed by atoms with E-state index in [2.05, 4.69) is 21.3 Å². The SMILES string of the molecule is Cc1ccc(C2(O)CCN(CCCC(=O)Nc3ccc(C#N)cc3)CC2)nc1. The minimum absolute atomic E-state index is 0.0259. The number of aryl methyl sites for hydroxylation is 1. The lowest BCUT2D eigenvalue weighted by Gasteiger charge is -2.37. The Morgan fingerprint density at radius 3 is 2.57 bits per heavy atom. The molecule has 2 N–H and O–H groups in total. The van der Waals surface area contributed by atoms with Crippen molar-refractivity contribution in [3.05, 3.63) is 59.4 Å². The van der Waals surface area contributed by atoms with Crippen molar-refractivity contribution >= 4 is 11.6 Å². The van der Waals surface area contributed by atoms with Gasteiger partial charge in [-0.25, -0.2) is 0 Å². The van der Waals surface area contributed by atoms with Crippen LogP contribution in [0.15, 0.2) is 42.6 Å². The number of carbonyl (C=O) groups excluding carboxylic acids is 1. The molecule has 6 heteroatoms. The summed E-state index contributed by atoms with van der Waals surface area (Å²) in [6.07, 6.45) is 4.32. The van der Waals surface area contributed by atoms with Gasteiger partial charge >= 0.3 is 0 Å². The Kier molecular flexibility index (Phi) is 6.40. The van der Waals surface area contributed by atoms with Gasteiger partial charge < -0.3 is 15.3 Å². The van der Waals surface area contributed by atoms with E-state index in [1.54, 1.807) is 30.5 Å². The van der Waals surface area contributed by atoms with E-state index in [1.807, 2.05) is 19.1 Å². The molecule has 28 heavy (non-hydrogen) atoms. The first kappa shape index (κ1) is 20.0. The summed E-state index contributed by atoms with van der Waals surface area (Å²) < 4.78 is 0. The minimum atomic E-state index is -0.850. The van der Waals surface area contributed by atoms with Crippen molar-refractivity contribution in [2.24, 2.45) is 0 Å². The van der Waals surface area contributed by atoms with Crippen LogP contribution in [0.2, 0.25) is 0 Å². The number of nitriles is 1. The lowest BCUT2D eigenvalue weighted by molar-refractivity contribution is -0.116. The second kappa shape index (κ2) is 8.96. The molecule has 6 nitrogen and oxygen atoms in total. The number of nitrogens with zero attached hydrogens (tertiary/aromatic N) is 3. The summed E-state index contributed by atoms with van der Waals surface area (Å²) in [6.45, 7) is 4.41. The molecule has 1 saturated heterocycles. The van der Waals surface area contributed by atoms with Crippen molar-refractivity contribution in [2.75, 3.05) is 25.0 Å². The van der Waals surface area contributed by atoms with Crippen LogP contribution in [0.4, 0.5) is 5.69 Å². The molecular formula is C22H26N4O2. The predicted octanol–water partition coefficient (Wildman–Crippen LogP) is 2.96. The molecule has 3 rings (SSSR count). The maximum absolute atomic E-state index is 12.1. The molecule has 1 fully saturated rings. The minimum Gasteiger partial charge on any atom is -0.383 e. The van der Waals surface area contributed by atoms with E-state index in [4.69, 9.17) is 5.26 Å². The fourth-order valence-electron chi connectivity index (χ4n) is 3.46. The number of aromatic nitrogens is 1. The Morgan fingerprint density at radius 1 is 1.25 bits per heavy atom. The smallest absolute Gasteiger partial charge is 0.224 e. The van der Waals surface area contributed by atoms with Crippen molar-refractivity contribution in [3.8, 4) is 6.07 Å². The summed E-state index contributed by atoms with van der Waals surface area (Å²) in [4.78, 5) is 18.8. The van der Waals surface area contributed by atoms with Crippen LogP contribution in [0, 0.1) is 18.3 Å². The fraction of sp³-hybridized carbons (Fsp3) is 0.409. The Balaban J connectivity index is 1.39. The van der Waals surface area contributed by atoms with E-state index in [-0.39, 0.29) is 5.91 Å². The highest BCUT2D eigenvalue weighted by atomic mass is 16.3. The molecule has 1 aliphatic heterocycles. The topological polar surface area (TPSA) is 89.2 Å². The zero-order chi connectivity index (χ0) is 20.0. The van der Waals surface area contributed by atoms with Gasteiger partial charge in [0.1, 0.15) is 5.60 Å². The van der Waals surface area contributed by atoms with Crippen molar-refractivity contribution in [2.45, 2.75) is 38.2 Å².